The number of aliphatic hydroxyl groups is 1. The maximum atomic E-state index is 12.1. The lowest BCUT2D eigenvalue weighted by molar-refractivity contribution is -0.137. The summed E-state index contributed by atoms with van der Waals surface area (Å²) in [7, 11) is 0. The number of hydrogen-bond donors (Lipinski definition) is 2. The number of carbonyl (C=O) groups excluding carboxylic acids is 2. The lowest BCUT2D eigenvalue weighted by Crippen LogP contribution is -2.34. The molecule has 0 spiro atoms. The normalized spacial score (nSPS) is 14.7. The molecule has 8 heteroatoms. The van der Waals surface area contributed by atoms with Crippen LogP contribution >= 0.6 is 43.5 Å². The van der Waals surface area contributed by atoms with E-state index in [0.29, 0.717) is 15.2 Å². The number of aliphatic hydroxyl groups excluding tert-OH is 1. The van der Waals surface area contributed by atoms with E-state index in [1.54, 1.807) is 13.0 Å². The second-order valence-corrected chi connectivity index (χ2v) is 6.44. The van der Waals surface area contributed by atoms with Crippen molar-refractivity contribution in [1.82, 2.24) is 4.90 Å². The molecular weight excluding hydrogens is 427 g/mol. The second kappa shape index (κ2) is 6.48. The third kappa shape index (κ3) is 3.15. The summed E-state index contributed by atoms with van der Waals surface area (Å²) in [5.41, 5.74) is 1.50. The van der Waals surface area contributed by atoms with Gasteiger partial charge < -0.3 is 10.4 Å². The highest BCUT2D eigenvalue weighted by molar-refractivity contribution is 9.11. The summed E-state index contributed by atoms with van der Waals surface area (Å²) in [5, 5.41) is 12.3. The molecule has 2 amide bonds. The Morgan fingerprint density at radius 3 is 2.62 bits per heavy atom. The van der Waals surface area contributed by atoms with Gasteiger partial charge in [0.15, 0.2) is 0 Å². The highest BCUT2D eigenvalue weighted by Gasteiger charge is 2.31. The Morgan fingerprint density at radius 2 is 2.00 bits per heavy atom. The Morgan fingerprint density at radius 1 is 1.33 bits per heavy atom. The fourth-order valence-corrected chi connectivity index (χ4v) is 3.52. The van der Waals surface area contributed by atoms with Crippen molar-refractivity contribution in [2.45, 2.75) is 6.92 Å². The first-order valence-electron chi connectivity index (χ1n) is 5.96. The third-order valence-corrected chi connectivity index (χ3v) is 4.97. The average Bonchev–Trinajstić information content (AvgIpc) is 2.69. The second-order valence-electron chi connectivity index (χ2n) is 4.36. The largest absolute Gasteiger partial charge is 0.395 e. The molecule has 0 aliphatic carbocycles. The molecule has 1 aromatic rings. The minimum atomic E-state index is -0.473. The van der Waals surface area contributed by atoms with Gasteiger partial charge in [-0.25, -0.2) is 0 Å². The van der Waals surface area contributed by atoms with E-state index in [-0.39, 0.29) is 18.8 Å². The molecule has 0 atom stereocenters. The summed E-state index contributed by atoms with van der Waals surface area (Å²) >= 11 is 12.9. The zero-order chi connectivity index (χ0) is 15.7. The summed E-state index contributed by atoms with van der Waals surface area (Å²) in [5.74, 6) is -0.923. The van der Waals surface area contributed by atoms with E-state index in [2.05, 4.69) is 37.2 Å². The van der Waals surface area contributed by atoms with Crippen molar-refractivity contribution in [1.29, 1.82) is 0 Å². The van der Waals surface area contributed by atoms with Gasteiger partial charge in [0, 0.05) is 15.0 Å². The van der Waals surface area contributed by atoms with E-state index in [4.69, 9.17) is 16.7 Å². The number of β-amino-alcohol motifs (C(OH)–C–C–N with tert-alkyl or cyclic N) is 1. The number of carbonyl (C=O) groups is 2. The molecule has 2 rings (SSSR count). The molecule has 1 heterocycles. The minimum absolute atomic E-state index is 0.0272. The molecule has 0 unspecified atom stereocenters. The predicted octanol–water partition coefficient (Wildman–Crippen LogP) is 2.83. The molecule has 0 radical (unpaired) electrons. The van der Waals surface area contributed by atoms with Crippen LogP contribution in [0.2, 0.25) is 5.02 Å². The highest BCUT2D eigenvalue weighted by atomic mass is 79.9. The van der Waals surface area contributed by atoms with Crippen molar-refractivity contribution < 1.29 is 14.7 Å². The number of halogens is 3. The van der Waals surface area contributed by atoms with Crippen molar-refractivity contribution in [2.75, 3.05) is 18.5 Å². The first kappa shape index (κ1) is 16.5. The van der Waals surface area contributed by atoms with Gasteiger partial charge >= 0.3 is 0 Å². The summed E-state index contributed by atoms with van der Waals surface area (Å²) in [6.45, 7) is 1.50. The molecule has 1 aromatic carbocycles. The Hall–Kier alpha value is -0.890. The summed E-state index contributed by atoms with van der Waals surface area (Å²) in [4.78, 5) is 24.8. The molecule has 1 aliphatic rings. The maximum Gasteiger partial charge on any atom is 0.277 e. The van der Waals surface area contributed by atoms with Crippen molar-refractivity contribution in [3.8, 4) is 0 Å². The van der Waals surface area contributed by atoms with Crippen LogP contribution in [0.25, 0.3) is 0 Å². The number of benzene rings is 1. The van der Waals surface area contributed by atoms with Gasteiger partial charge in [0.1, 0.15) is 5.70 Å². The highest BCUT2D eigenvalue weighted by Crippen LogP contribution is 2.38. The quantitative estimate of drug-likeness (QED) is 0.560. The van der Waals surface area contributed by atoms with E-state index in [1.807, 2.05) is 0 Å². The number of anilines is 1. The van der Waals surface area contributed by atoms with Crippen LogP contribution in [0.15, 0.2) is 26.8 Å². The van der Waals surface area contributed by atoms with E-state index in [9.17, 15) is 9.59 Å². The van der Waals surface area contributed by atoms with E-state index in [0.717, 1.165) is 14.9 Å². The molecule has 0 aromatic heterocycles. The predicted molar refractivity (Wildman–Crippen MR) is 87.1 cm³/mol. The molecular formula is C13H11Br2ClN2O3. The van der Waals surface area contributed by atoms with E-state index < -0.39 is 11.8 Å². The lowest BCUT2D eigenvalue weighted by Gasteiger charge is -2.16. The fourth-order valence-electron chi connectivity index (χ4n) is 1.91. The number of rotatable bonds is 4. The van der Waals surface area contributed by atoms with Crippen LogP contribution in [0.4, 0.5) is 5.69 Å². The van der Waals surface area contributed by atoms with Crippen molar-refractivity contribution in [3.05, 3.63) is 37.4 Å². The zero-order valence-corrected chi connectivity index (χ0v) is 14.8. The molecule has 0 saturated carbocycles. The van der Waals surface area contributed by atoms with Crippen LogP contribution in [-0.4, -0.2) is 35.0 Å². The van der Waals surface area contributed by atoms with Crippen LogP contribution in [0.1, 0.15) is 5.56 Å². The van der Waals surface area contributed by atoms with Crippen LogP contribution in [0, 0.1) is 6.92 Å². The van der Waals surface area contributed by atoms with E-state index in [1.165, 1.54) is 6.08 Å². The van der Waals surface area contributed by atoms with Gasteiger partial charge in [-0.05, 0) is 50.4 Å². The monoisotopic (exact) mass is 436 g/mol. The summed E-state index contributed by atoms with van der Waals surface area (Å²) < 4.78 is 1.43. The van der Waals surface area contributed by atoms with Gasteiger partial charge in [0.05, 0.1) is 23.9 Å². The number of imide groups is 1. The van der Waals surface area contributed by atoms with Crippen LogP contribution in [0.3, 0.4) is 0 Å². The molecule has 0 bridgehead atoms. The van der Waals surface area contributed by atoms with Gasteiger partial charge in [-0.3, -0.25) is 14.5 Å². The Kier molecular flexibility index (Phi) is 5.08. The van der Waals surface area contributed by atoms with Gasteiger partial charge in [-0.1, -0.05) is 11.6 Å². The average molecular weight is 439 g/mol. The fraction of sp³-hybridized carbons (Fsp3) is 0.231. The SMILES string of the molecule is Cc1c(Cl)c(Br)cc(Br)c1NC1=CC(=O)N(CCO)C1=O. The van der Waals surface area contributed by atoms with Crippen LogP contribution in [-0.2, 0) is 9.59 Å². The van der Waals surface area contributed by atoms with Crippen molar-refractivity contribution in [3.63, 3.8) is 0 Å². The number of amides is 2. The Labute approximate surface area is 143 Å². The molecule has 2 N–H and O–H groups in total. The molecule has 1 aliphatic heterocycles. The van der Waals surface area contributed by atoms with Gasteiger partial charge in [-0.15, -0.1) is 0 Å². The third-order valence-electron chi connectivity index (χ3n) is 3.00. The lowest BCUT2D eigenvalue weighted by atomic mass is 10.2. The maximum absolute atomic E-state index is 12.1. The molecule has 0 saturated heterocycles. The van der Waals surface area contributed by atoms with E-state index >= 15 is 0 Å². The zero-order valence-electron chi connectivity index (χ0n) is 10.9. The van der Waals surface area contributed by atoms with Crippen molar-refractivity contribution in [2.24, 2.45) is 0 Å². The van der Waals surface area contributed by atoms with Crippen molar-refractivity contribution >= 4 is 61.0 Å². The van der Waals surface area contributed by atoms with Crippen LogP contribution in [0.5, 0.6) is 0 Å². The van der Waals surface area contributed by atoms with Gasteiger partial charge in [0.25, 0.3) is 11.8 Å². The Bertz CT molecular complexity index is 661. The van der Waals surface area contributed by atoms with Gasteiger partial charge in [-0.2, -0.15) is 0 Å². The minimum Gasteiger partial charge on any atom is -0.395 e. The number of hydrogen-bond acceptors (Lipinski definition) is 4. The van der Waals surface area contributed by atoms with Crippen LogP contribution < -0.4 is 5.32 Å². The molecule has 21 heavy (non-hydrogen) atoms. The number of nitrogens with one attached hydrogen (secondary N) is 1. The molecule has 5 nitrogen and oxygen atoms in total. The first-order valence-corrected chi connectivity index (χ1v) is 7.92. The topological polar surface area (TPSA) is 69.6 Å². The molecule has 0 fully saturated rings. The Balaban J connectivity index is 2.32. The number of nitrogens with zero attached hydrogens (tertiary/aromatic N) is 1. The summed E-state index contributed by atoms with van der Waals surface area (Å²) in [6, 6.07) is 1.75. The standard InChI is InChI=1S/C13H11Br2ClN2O3/c1-6-11(16)7(14)4-8(15)12(6)17-9-5-10(20)18(2-3-19)13(9)21/h4-5,17,19H,2-3H2,1H3. The summed E-state index contributed by atoms with van der Waals surface area (Å²) in [6.07, 6.45) is 1.21. The first-order chi connectivity index (χ1) is 9.86. The van der Waals surface area contributed by atoms with Gasteiger partial charge in [0.2, 0.25) is 0 Å². The smallest absolute Gasteiger partial charge is 0.277 e. The molecule has 112 valence electrons.